The molecule has 140 valence electrons. The van der Waals surface area contributed by atoms with Gasteiger partial charge in [-0.15, -0.1) is 11.3 Å². The second-order valence-corrected chi connectivity index (χ2v) is 7.94. The lowest BCUT2D eigenvalue weighted by molar-refractivity contribution is 0.0960. The first-order chi connectivity index (χ1) is 13.2. The fraction of sp³-hybridized carbons (Fsp3) is 0.333. The molecule has 4 rings (SSSR count). The Hall–Kier alpha value is -2.44. The molecule has 6 heteroatoms. The number of carbonyl (C=O) groups is 1. The van der Waals surface area contributed by atoms with E-state index in [-0.39, 0.29) is 5.91 Å². The number of amides is 1. The summed E-state index contributed by atoms with van der Waals surface area (Å²) in [6.45, 7) is 4.64. The molecule has 1 aliphatic heterocycles. The SMILES string of the molecule is CCNC(=O)c1ccc(C2CCCN2Cc2ccc(-n3ccnc3)cc2)s1. The number of rotatable bonds is 6. The molecule has 3 heterocycles. The number of thiophene rings is 1. The molecule has 1 aliphatic rings. The Morgan fingerprint density at radius 1 is 1.26 bits per heavy atom. The number of imidazole rings is 1. The summed E-state index contributed by atoms with van der Waals surface area (Å²) in [6.07, 6.45) is 7.91. The smallest absolute Gasteiger partial charge is 0.261 e. The van der Waals surface area contributed by atoms with Crippen LogP contribution in [0.4, 0.5) is 0 Å². The number of carbonyl (C=O) groups excluding carboxylic acids is 1. The van der Waals surface area contributed by atoms with Crippen molar-refractivity contribution in [3.05, 3.63) is 70.4 Å². The number of benzene rings is 1. The van der Waals surface area contributed by atoms with Gasteiger partial charge in [0.15, 0.2) is 0 Å². The highest BCUT2D eigenvalue weighted by atomic mass is 32.1. The highest BCUT2D eigenvalue weighted by molar-refractivity contribution is 7.14. The van der Waals surface area contributed by atoms with Crippen LogP contribution < -0.4 is 5.32 Å². The summed E-state index contributed by atoms with van der Waals surface area (Å²) in [6, 6.07) is 13.2. The van der Waals surface area contributed by atoms with Crippen molar-refractivity contribution >= 4 is 17.2 Å². The van der Waals surface area contributed by atoms with Crippen LogP contribution in [0, 0.1) is 0 Å². The summed E-state index contributed by atoms with van der Waals surface area (Å²) in [5.41, 5.74) is 2.44. The van der Waals surface area contributed by atoms with Gasteiger partial charge in [-0.3, -0.25) is 9.69 Å². The van der Waals surface area contributed by atoms with E-state index in [1.807, 2.05) is 30.1 Å². The lowest BCUT2D eigenvalue weighted by Gasteiger charge is -2.23. The number of aromatic nitrogens is 2. The minimum Gasteiger partial charge on any atom is -0.352 e. The summed E-state index contributed by atoms with van der Waals surface area (Å²) in [7, 11) is 0. The number of hydrogen-bond acceptors (Lipinski definition) is 4. The molecule has 0 radical (unpaired) electrons. The van der Waals surface area contributed by atoms with Gasteiger partial charge in [0.05, 0.1) is 11.2 Å². The van der Waals surface area contributed by atoms with Crippen LogP contribution in [-0.4, -0.2) is 33.4 Å². The van der Waals surface area contributed by atoms with Gasteiger partial charge in [0.2, 0.25) is 0 Å². The molecule has 0 saturated carbocycles. The molecular weight excluding hydrogens is 356 g/mol. The molecule has 5 nitrogen and oxygen atoms in total. The molecule has 1 fully saturated rings. The summed E-state index contributed by atoms with van der Waals surface area (Å²) >= 11 is 1.63. The average molecular weight is 381 g/mol. The fourth-order valence-corrected chi connectivity index (χ4v) is 4.75. The van der Waals surface area contributed by atoms with Crippen LogP contribution in [0.5, 0.6) is 0 Å². The highest BCUT2D eigenvalue weighted by Crippen LogP contribution is 2.36. The van der Waals surface area contributed by atoms with Crippen molar-refractivity contribution in [1.29, 1.82) is 0 Å². The molecule has 3 aromatic rings. The second-order valence-electron chi connectivity index (χ2n) is 6.83. The predicted octanol–water partition coefficient (Wildman–Crippen LogP) is 4.02. The van der Waals surface area contributed by atoms with E-state index >= 15 is 0 Å². The van der Waals surface area contributed by atoms with E-state index in [0.717, 1.165) is 30.1 Å². The van der Waals surface area contributed by atoms with Gasteiger partial charge in [-0.1, -0.05) is 12.1 Å². The number of nitrogens with zero attached hydrogens (tertiary/aromatic N) is 3. The lowest BCUT2D eigenvalue weighted by atomic mass is 10.1. The van der Waals surface area contributed by atoms with E-state index in [1.54, 1.807) is 17.5 Å². The highest BCUT2D eigenvalue weighted by Gasteiger charge is 2.27. The van der Waals surface area contributed by atoms with E-state index in [0.29, 0.717) is 12.6 Å². The van der Waals surface area contributed by atoms with Crippen LogP contribution in [0.15, 0.2) is 55.1 Å². The maximum Gasteiger partial charge on any atom is 0.261 e. The minimum atomic E-state index is 0.0355. The molecule has 0 aliphatic carbocycles. The van der Waals surface area contributed by atoms with Crippen LogP contribution in [-0.2, 0) is 6.54 Å². The Balaban J connectivity index is 1.45. The van der Waals surface area contributed by atoms with Gasteiger partial charge in [0, 0.05) is 42.1 Å². The molecule has 1 amide bonds. The van der Waals surface area contributed by atoms with Crippen LogP contribution in [0.3, 0.4) is 0 Å². The Morgan fingerprint density at radius 3 is 2.85 bits per heavy atom. The van der Waals surface area contributed by atoms with E-state index in [1.165, 1.54) is 16.9 Å². The number of likely N-dealkylation sites (tertiary alicyclic amines) is 1. The van der Waals surface area contributed by atoms with Crippen molar-refractivity contribution in [2.45, 2.75) is 32.4 Å². The second kappa shape index (κ2) is 8.06. The first-order valence-electron chi connectivity index (χ1n) is 9.44. The third-order valence-electron chi connectivity index (χ3n) is 5.00. The maximum atomic E-state index is 12.1. The lowest BCUT2D eigenvalue weighted by Crippen LogP contribution is -2.22. The Bertz CT molecular complexity index is 885. The van der Waals surface area contributed by atoms with Crippen LogP contribution in [0.25, 0.3) is 5.69 Å². The molecule has 0 bridgehead atoms. The van der Waals surface area contributed by atoms with E-state index < -0.39 is 0 Å². The largest absolute Gasteiger partial charge is 0.352 e. The van der Waals surface area contributed by atoms with Gasteiger partial charge in [-0.05, 0) is 56.1 Å². The third kappa shape index (κ3) is 3.96. The molecule has 0 spiro atoms. The quantitative estimate of drug-likeness (QED) is 0.703. The number of hydrogen-bond donors (Lipinski definition) is 1. The molecule has 2 aromatic heterocycles. The zero-order chi connectivity index (χ0) is 18.6. The molecule has 1 saturated heterocycles. The van der Waals surface area contributed by atoms with Crippen molar-refractivity contribution in [1.82, 2.24) is 19.8 Å². The predicted molar refractivity (Wildman–Crippen MR) is 108 cm³/mol. The number of nitrogens with one attached hydrogen (secondary N) is 1. The Kier molecular flexibility index (Phi) is 5.36. The molecule has 27 heavy (non-hydrogen) atoms. The topological polar surface area (TPSA) is 50.2 Å². The molecular formula is C21H24N4OS. The van der Waals surface area contributed by atoms with Crippen LogP contribution in [0.1, 0.15) is 45.9 Å². The van der Waals surface area contributed by atoms with Gasteiger partial charge in [0.1, 0.15) is 0 Å². The average Bonchev–Trinajstić information content (AvgIpc) is 3.44. The molecule has 1 N–H and O–H groups in total. The van der Waals surface area contributed by atoms with Gasteiger partial charge in [-0.2, -0.15) is 0 Å². The Labute approximate surface area is 163 Å². The van der Waals surface area contributed by atoms with E-state index in [4.69, 9.17) is 0 Å². The zero-order valence-electron chi connectivity index (χ0n) is 15.5. The summed E-state index contributed by atoms with van der Waals surface area (Å²) in [5, 5.41) is 2.89. The molecule has 1 atom stereocenters. The van der Waals surface area contributed by atoms with Crippen molar-refractivity contribution in [3.8, 4) is 5.69 Å². The van der Waals surface area contributed by atoms with Crippen molar-refractivity contribution in [2.24, 2.45) is 0 Å². The summed E-state index contributed by atoms with van der Waals surface area (Å²) in [5.74, 6) is 0.0355. The van der Waals surface area contributed by atoms with Gasteiger partial charge in [0.25, 0.3) is 5.91 Å². The normalized spacial score (nSPS) is 17.3. The first kappa shape index (κ1) is 17.9. The van der Waals surface area contributed by atoms with Gasteiger partial charge >= 0.3 is 0 Å². The third-order valence-corrected chi connectivity index (χ3v) is 6.19. The summed E-state index contributed by atoms with van der Waals surface area (Å²) < 4.78 is 2.01. The van der Waals surface area contributed by atoms with Crippen molar-refractivity contribution in [3.63, 3.8) is 0 Å². The zero-order valence-corrected chi connectivity index (χ0v) is 16.3. The van der Waals surface area contributed by atoms with Crippen LogP contribution in [0.2, 0.25) is 0 Å². The molecule has 1 unspecified atom stereocenters. The first-order valence-corrected chi connectivity index (χ1v) is 10.3. The monoisotopic (exact) mass is 380 g/mol. The van der Waals surface area contributed by atoms with E-state index in [2.05, 4.69) is 45.5 Å². The fourth-order valence-electron chi connectivity index (χ4n) is 3.66. The van der Waals surface area contributed by atoms with Gasteiger partial charge < -0.3 is 9.88 Å². The summed E-state index contributed by atoms with van der Waals surface area (Å²) in [4.78, 5) is 20.8. The Morgan fingerprint density at radius 2 is 2.11 bits per heavy atom. The van der Waals surface area contributed by atoms with Crippen LogP contribution >= 0.6 is 11.3 Å². The van der Waals surface area contributed by atoms with E-state index in [9.17, 15) is 4.79 Å². The standard InChI is InChI=1S/C21H24N4OS/c1-2-23-21(26)20-10-9-19(27-20)18-4-3-12-24(18)14-16-5-7-17(8-6-16)25-13-11-22-15-25/h5-11,13,15,18H,2-4,12,14H2,1H3,(H,23,26). The van der Waals surface area contributed by atoms with Gasteiger partial charge in [-0.25, -0.2) is 4.98 Å². The maximum absolute atomic E-state index is 12.1. The molecule has 1 aromatic carbocycles. The van der Waals surface area contributed by atoms with Crippen molar-refractivity contribution < 1.29 is 4.79 Å². The minimum absolute atomic E-state index is 0.0355. The van der Waals surface area contributed by atoms with Crippen molar-refractivity contribution in [2.75, 3.05) is 13.1 Å².